The van der Waals surface area contributed by atoms with Crippen molar-refractivity contribution < 1.29 is 14.3 Å². The minimum absolute atomic E-state index is 0.117. The molecule has 1 rings (SSSR count). The number of esters is 1. The van der Waals surface area contributed by atoms with Gasteiger partial charge < -0.3 is 10.1 Å². The zero-order valence-electron chi connectivity index (χ0n) is 11.9. The van der Waals surface area contributed by atoms with Crippen molar-refractivity contribution in [2.24, 2.45) is 0 Å². The minimum atomic E-state index is -0.499. The van der Waals surface area contributed by atoms with Gasteiger partial charge in [-0.15, -0.1) is 0 Å². The maximum absolute atomic E-state index is 11.6. The fraction of sp³-hybridized carbons (Fsp3) is 0.571. The highest BCUT2D eigenvalue weighted by atomic mass is 32.1. The molecule has 1 N–H and O–H groups in total. The van der Waals surface area contributed by atoms with Crippen molar-refractivity contribution in [3.8, 4) is 0 Å². The molecule has 0 unspecified atom stereocenters. The van der Waals surface area contributed by atoms with Crippen LogP contribution in [0.2, 0.25) is 0 Å². The second kappa shape index (κ2) is 6.70. The summed E-state index contributed by atoms with van der Waals surface area (Å²) in [4.78, 5) is 23.1. The summed E-state index contributed by atoms with van der Waals surface area (Å²) < 4.78 is 5.14. The van der Waals surface area contributed by atoms with E-state index in [4.69, 9.17) is 4.74 Å². The van der Waals surface area contributed by atoms with Gasteiger partial charge in [0.1, 0.15) is 5.60 Å². The first kappa shape index (κ1) is 15.7. The zero-order chi connectivity index (χ0) is 14.5. The molecule has 4 nitrogen and oxygen atoms in total. The highest BCUT2D eigenvalue weighted by molar-refractivity contribution is 7.08. The van der Waals surface area contributed by atoms with Crippen LogP contribution in [0.15, 0.2) is 10.8 Å². The average Bonchev–Trinajstić information content (AvgIpc) is 2.67. The van der Waals surface area contributed by atoms with Crippen LogP contribution in [0.25, 0.3) is 0 Å². The molecule has 0 atom stereocenters. The molecule has 1 aromatic heterocycles. The fourth-order valence-corrected chi connectivity index (χ4v) is 2.32. The molecule has 0 spiro atoms. The van der Waals surface area contributed by atoms with Crippen LogP contribution in [0.5, 0.6) is 0 Å². The zero-order valence-corrected chi connectivity index (χ0v) is 12.7. The number of hydrogen-bond donors (Lipinski definition) is 1. The molecule has 0 fully saturated rings. The van der Waals surface area contributed by atoms with Crippen LogP contribution in [0.3, 0.4) is 0 Å². The molecule has 0 saturated carbocycles. The molecule has 0 aliphatic heterocycles. The summed E-state index contributed by atoms with van der Waals surface area (Å²) in [5, 5.41) is 6.87. The molecular formula is C14H21NO3S. The summed E-state index contributed by atoms with van der Waals surface area (Å²) >= 11 is 1.62. The number of nitrogens with one attached hydrogen (secondary N) is 1. The Morgan fingerprint density at radius 3 is 2.47 bits per heavy atom. The van der Waals surface area contributed by atoms with Crippen LogP contribution in [-0.2, 0) is 20.9 Å². The lowest BCUT2D eigenvalue weighted by molar-refractivity contribution is -0.155. The lowest BCUT2D eigenvalue weighted by atomic mass is 10.2. The molecule has 0 radical (unpaired) electrons. The third-order valence-corrected chi connectivity index (χ3v) is 3.32. The second-order valence-corrected chi connectivity index (χ2v) is 6.19. The van der Waals surface area contributed by atoms with Gasteiger partial charge in [-0.3, -0.25) is 9.59 Å². The average molecular weight is 283 g/mol. The Bertz CT molecular complexity index is 446. The van der Waals surface area contributed by atoms with Crippen molar-refractivity contribution in [1.29, 1.82) is 0 Å². The van der Waals surface area contributed by atoms with Crippen molar-refractivity contribution in [1.82, 2.24) is 5.32 Å². The van der Waals surface area contributed by atoms with Gasteiger partial charge in [-0.25, -0.2) is 0 Å². The fourth-order valence-electron chi connectivity index (χ4n) is 1.46. The van der Waals surface area contributed by atoms with Crippen LogP contribution < -0.4 is 5.32 Å². The van der Waals surface area contributed by atoms with E-state index in [0.29, 0.717) is 6.54 Å². The molecule has 0 aliphatic carbocycles. The van der Waals surface area contributed by atoms with E-state index in [-0.39, 0.29) is 24.7 Å². The molecule has 19 heavy (non-hydrogen) atoms. The Kier molecular flexibility index (Phi) is 5.54. The lowest BCUT2D eigenvalue weighted by Crippen LogP contribution is -2.27. The smallest absolute Gasteiger partial charge is 0.306 e. The monoisotopic (exact) mass is 283 g/mol. The Balaban J connectivity index is 2.25. The molecule has 0 saturated heterocycles. The van der Waals surface area contributed by atoms with E-state index < -0.39 is 5.60 Å². The van der Waals surface area contributed by atoms with Gasteiger partial charge in [0.25, 0.3) is 0 Å². The first-order chi connectivity index (χ1) is 8.78. The van der Waals surface area contributed by atoms with Gasteiger partial charge in [0.2, 0.25) is 5.91 Å². The van der Waals surface area contributed by atoms with E-state index in [9.17, 15) is 9.59 Å². The van der Waals surface area contributed by atoms with Gasteiger partial charge in [-0.1, -0.05) is 0 Å². The lowest BCUT2D eigenvalue weighted by Gasteiger charge is -2.19. The van der Waals surface area contributed by atoms with E-state index in [2.05, 4.69) is 5.32 Å². The van der Waals surface area contributed by atoms with Crippen LogP contribution in [0, 0.1) is 6.92 Å². The maximum Gasteiger partial charge on any atom is 0.306 e. The van der Waals surface area contributed by atoms with Crippen molar-refractivity contribution in [3.63, 3.8) is 0 Å². The van der Waals surface area contributed by atoms with Crippen LogP contribution in [-0.4, -0.2) is 17.5 Å². The van der Waals surface area contributed by atoms with Gasteiger partial charge in [0, 0.05) is 13.0 Å². The second-order valence-electron chi connectivity index (χ2n) is 5.44. The maximum atomic E-state index is 11.6. The summed E-state index contributed by atoms with van der Waals surface area (Å²) in [6.07, 6.45) is 0.282. The van der Waals surface area contributed by atoms with Gasteiger partial charge in [0.15, 0.2) is 0 Å². The van der Waals surface area contributed by atoms with Crippen LogP contribution in [0.1, 0.15) is 44.7 Å². The first-order valence-corrected chi connectivity index (χ1v) is 7.22. The number of carbonyl (C=O) groups excluding carboxylic acids is 2. The molecule has 0 aromatic carbocycles. The van der Waals surface area contributed by atoms with Gasteiger partial charge in [-0.2, -0.15) is 11.3 Å². The quantitative estimate of drug-likeness (QED) is 0.845. The summed E-state index contributed by atoms with van der Waals surface area (Å²) in [5.41, 5.74) is 1.80. The van der Waals surface area contributed by atoms with E-state index in [1.54, 1.807) is 11.3 Å². The normalized spacial score (nSPS) is 11.2. The van der Waals surface area contributed by atoms with E-state index in [0.717, 1.165) is 5.56 Å². The molecule has 1 amide bonds. The van der Waals surface area contributed by atoms with E-state index >= 15 is 0 Å². The SMILES string of the molecule is Cc1cscc1CNC(=O)CCC(=O)OC(C)(C)C. The molecule has 0 bridgehead atoms. The predicted octanol–water partition coefficient (Wildman–Crippen LogP) is 2.79. The van der Waals surface area contributed by atoms with Gasteiger partial charge >= 0.3 is 5.97 Å². The highest BCUT2D eigenvalue weighted by Gasteiger charge is 2.17. The summed E-state index contributed by atoms with van der Waals surface area (Å²) in [6.45, 7) is 7.96. The number of rotatable bonds is 5. The minimum Gasteiger partial charge on any atom is -0.460 e. The molecule has 5 heteroatoms. The third kappa shape index (κ3) is 6.38. The Labute approximate surface area is 118 Å². The van der Waals surface area contributed by atoms with Crippen molar-refractivity contribution >= 4 is 23.2 Å². The number of carbonyl (C=O) groups is 2. The number of ether oxygens (including phenoxy) is 1. The third-order valence-electron chi connectivity index (χ3n) is 2.41. The van der Waals surface area contributed by atoms with Crippen LogP contribution in [0.4, 0.5) is 0 Å². The Morgan fingerprint density at radius 1 is 1.26 bits per heavy atom. The predicted molar refractivity (Wildman–Crippen MR) is 76.0 cm³/mol. The topological polar surface area (TPSA) is 55.4 Å². The Hall–Kier alpha value is -1.36. The van der Waals surface area contributed by atoms with Crippen molar-refractivity contribution in [2.75, 3.05) is 0 Å². The first-order valence-electron chi connectivity index (χ1n) is 6.28. The molecule has 0 aliphatic rings. The van der Waals surface area contributed by atoms with Gasteiger partial charge in [-0.05, 0) is 49.6 Å². The summed E-state index contributed by atoms with van der Waals surface area (Å²) in [7, 11) is 0. The molecule has 1 heterocycles. The molecule has 1 aromatic rings. The molecular weight excluding hydrogens is 262 g/mol. The number of aryl methyl sites for hydroxylation is 1. The van der Waals surface area contributed by atoms with Crippen molar-refractivity contribution in [3.05, 3.63) is 21.9 Å². The van der Waals surface area contributed by atoms with Crippen molar-refractivity contribution in [2.45, 2.75) is 52.7 Å². The van der Waals surface area contributed by atoms with Gasteiger partial charge in [0.05, 0.1) is 6.42 Å². The standard InChI is InChI=1S/C14H21NO3S/c1-10-8-19-9-11(10)7-15-12(16)5-6-13(17)18-14(2,3)4/h8-9H,5-7H2,1-4H3,(H,15,16). The van der Waals surface area contributed by atoms with Crippen LogP contribution >= 0.6 is 11.3 Å². The summed E-state index contributed by atoms with van der Waals surface area (Å²) in [5.74, 6) is -0.467. The number of hydrogen-bond acceptors (Lipinski definition) is 4. The number of thiophene rings is 1. The van der Waals surface area contributed by atoms with E-state index in [1.165, 1.54) is 5.56 Å². The largest absolute Gasteiger partial charge is 0.460 e. The van der Waals surface area contributed by atoms with E-state index in [1.807, 2.05) is 38.5 Å². The highest BCUT2D eigenvalue weighted by Crippen LogP contribution is 2.13. The number of amides is 1. The molecule has 106 valence electrons. The Morgan fingerprint density at radius 2 is 1.95 bits per heavy atom. The summed E-state index contributed by atoms with van der Waals surface area (Å²) in [6, 6.07) is 0.